The van der Waals surface area contributed by atoms with Gasteiger partial charge in [-0.05, 0) is 10.6 Å². The molecule has 0 spiro atoms. The van der Waals surface area contributed by atoms with Crippen molar-refractivity contribution in [3.63, 3.8) is 0 Å². The smallest absolute Gasteiger partial charge is 0.182 e. The van der Waals surface area contributed by atoms with Crippen LogP contribution in [0.2, 0.25) is 0 Å². The van der Waals surface area contributed by atoms with Gasteiger partial charge < -0.3 is 0 Å². The Balaban J connectivity index is 3.15. The SMILES string of the molecule is CC(=O)c1n[nH]nc1N=[N+]=[N-]. The van der Waals surface area contributed by atoms with Gasteiger partial charge >= 0.3 is 0 Å². The van der Waals surface area contributed by atoms with Crippen molar-refractivity contribution in [2.45, 2.75) is 6.92 Å². The molecule has 0 aliphatic carbocycles. The summed E-state index contributed by atoms with van der Waals surface area (Å²) in [4.78, 5) is 13.2. The van der Waals surface area contributed by atoms with Crippen molar-refractivity contribution in [2.75, 3.05) is 0 Å². The Bertz CT molecular complexity index is 305. The number of carbonyl (C=O) groups excluding carboxylic acids is 1. The highest BCUT2D eigenvalue weighted by molar-refractivity contribution is 5.95. The fraction of sp³-hybridized carbons (Fsp3) is 0.250. The van der Waals surface area contributed by atoms with E-state index in [4.69, 9.17) is 5.53 Å². The molecule has 0 aliphatic heterocycles. The Kier molecular flexibility index (Phi) is 1.84. The van der Waals surface area contributed by atoms with Crippen LogP contribution in [-0.4, -0.2) is 21.2 Å². The summed E-state index contributed by atoms with van der Waals surface area (Å²) in [5.74, 6) is -0.304. The van der Waals surface area contributed by atoms with Gasteiger partial charge in [0, 0.05) is 11.8 Å². The van der Waals surface area contributed by atoms with Crippen molar-refractivity contribution in [2.24, 2.45) is 5.11 Å². The van der Waals surface area contributed by atoms with E-state index in [1.54, 1.807) is 0 Å². The maximum atomic E-state index is 10.7. The van der Waals surface area contributed by atoms with Crippen molar-refractivity contribution >= 4 is 11.6 Å². The fourth-order valence-electron chi connectivity index (χ4n) is 0.574. The Morgan fingerprint density at radius 3 is 3.00 bits per heavy atom. The zero-order valence-electron chi connectivity index (χ0n) is 5.64. The van der Waals surface area contributed by atoms with Crippen LogP contribution < -0.4 is 0 Å². The topological polar surface area (TPSA) is 107 Å². The van der Waals surface area contributed by atoms with Crippen molar-refractivity contribution in [3.8, 4) is 0 Å². The molecule has 7 heteroatoms. The number of rotatable bonds is 2. The number of carbonyl (C=O) groups is 1. The van der Waals surface area contributed by atoms with Gasteiger partial charge in [0.15, 0.2) is 17.3 Å². The van der Waals surface area contributed by atoms with Crippen molar-refractivity contribution in [1.29, 1.82) is 0 Å². The minimum Gasteiger partial charge on any atom is -0.293 e. The minimum absolute atomic E-state index is 0.0139. The minimum atomic E-state index is -0.291. The van der Waals surface area contributed by atoms with E-state index in [1.807, 2.05) is 0 Å². The second kappa shape index (κ2) is 2.80. The van der Waals surface area contributed by atoms with Gasteiger partial charge in [-0.2, -0.15) is 15.4 Å². The Morgan fingerprint density at radius 2 is 2.45 bits per heavy atom. The molecular formula is C4H4N6O. The van der Waals surface area contributed by atoms with E-state index >= 15 is 0 Å². The van der Waals surface area contributed by atoms with E-state index < -0.39 is 0 Å². The predicted octanol–water partition coefficient (Wildman–Crippen LogP) is 0.949. The first-order valence-electron chi connectivity index (χ1n) is 2.72. The van der Waals surface area contributed by atoms with Crippen molar-refractivity contribution in [1.82, 2.24) is 15.4 Å². The van der Waals surface area contributed by atoms with Gasteiger partial charge in [-0.1, -0.05) is 0 Å². The number of hydrogen-bond acceptors (Lipinski definition) is 4. The Labute approximate surface area is 61.0 Å². The van der Waals surface area contributed by atoms with Crippen LogP contribution >= 0.6 is 0 Å². The van der Waals surface area contributed by atoms with Crippen LogP contribution in [0.1, 0.15) is 17.4 Å². The summed E-state index contributed by atoms with van der Waals surface area (Å²) in [6, 6.07) is 0. The molecule has 0 saturated heterocycles. The number of aromatic nitrogens is 3. The quantitative estimate of drug-likeness (QED) is 0.295. The predicted molar refractivity (Wildman–Crippen MR) is 35.2 cm³/mol. The van der Waals surface area contributed by atoms with Crippen LogP contribution in [0.15, 0.2) is 5.11 Å². The lowest BCUT2D eigenvalue weighted by atomic mass is 10.3. The number of aromatic amines is 1. The van der Waals surface area contributed by atoms with Gasteiger partial charge in [0.2, 0.25) is 0 Å². The molecule has 1 aromatic heterocycles. The molecule has 1 heterocycles. The first-order chi connectivity index (χ1) is 5.25. The maximum Gasteiger partial charge on any atom is 0.182 e. The lowest BCUT2D eigenvalue weighted by molar-refractivity contribution is 0.101. The highest BCUT2D eigenvalue weighted by Crippen LogP contribution is 2.11. The zero-order valence-corrected chi connectivity index (χ0v) is 5.64. The standard InChI is InChI=1S/C4H4N6O/c1-2(11)3-4(7-9-5)8-10-6-3/h1H3,(H,6,8,10). The zero-order chi connectivity index (χ0) is 8.27. The molecule has 0 bridgehead atoms. The summed E-state index contributed by atoms with van der Waals surface area (Å²) in [6.07, 6.45) is 0. The normalized spacial score (nSPS) is 8.82. The molecule has 0 aliphatic rings. The van der Waals surface area contributed by atoms with E-state index in [0.29, 0.717) is 0 Å². The molecule has 0 amide bonds. The molecule has 0 fully saturated rings. The molecule has 11 heavy (non-hydrogen) atoms. The van der Waals surface area contributed by atoms with Gasteiger partial charge in [0.1, 0.15) is 0 Å². The molecule has 0 radical (unpaired) electrons. The lowest BCUT2D eigenvalue weighted by Gasteiger charge is -1.83. The number of nitrogens with zero attached hydrogens (tertiary/aromatic N) is 5. The molecule has 56 valence electrons. The van der Waals surface area contributed by atoms with Gasteiger partial charge in [0.25, 0.3) is 0 Å². The summed E-state index contributed by atoms with van der Waals surface area (Å²) < 4.78 is 0. The van der Waals surface area contributed by atoms with Crippen LogP contribution in [0, 0.1) is 0 Å². The fourth-order valence-corrected chi connectivity index (χ4v) is 0.574. The number of azide groups is 1. The van der Waals surface area contributed by atoms with E-state index in [1.165, 1.54) is 6.92 Å². The number of H-pyrrole nitrogens is 1. The van der Waals surface area contributed by atoms with Crippen LogP contribution in [0.4, 0.5) is 5.82 Å². The monoisotopic (exact) mass is 152 g/mol. The van der Waals surface area contributed by atoms with Crippen molar-refractivity contribution in [3.05, 3.63) is 16.1 Å². The van der Waals surface area contributed by atoms with Gasteiger partial charge in [-0.3, -0.25) is 4.79 Å². The number of nitrogens with one attached hydrogen (secondary N) is 1. The molecule has 0 unspecified atom stereocenters. The van der Waals surface area contributed by atoms with Crippen molar-refractivity contribution < 1.29 is 4.79 Å². The third-order valence-electron chi connectivity index (χ3n) is 1.00. The first-order valence-corrected chi connectivity index (χ1v) is 2.72. The Morgan fingerprint density at radius 1 is 1.73 bits per heavy atom. The average Bonchev–Trinajstić information content (AvgIpc) is 2.36. The van der Waals surface area contributed by atoms with E-state index in [2.05, 4.69) is 25.4 Å². The number of ketones is 1. The highest BCUT2D eigenvalue weighted by Gasteiger charge is 2.09. The third-order valence-corrected chi connectivity index (χ3v) is 1.00. The first kappa shape index (κ1) is 7.23. The molecule has 1 rings (SSSR count). The second-order valence-corrected chi connectivity index (χ2v) is 1.74. The molecule has 7 nitrogen and oxygen atoms in total. The number of hydrogen-bond donors (Lipinski definition) is 1. The van der Waals surface area contributed by atoms with E-state index in [-0.39, 0.29) is 17.3 Å². The van der Waals surface area contributed by atoms with Crippen LogP contribution in [0.3, 0.4) is 0 Å². The summed E-state index contributed by atoms with van der Waals surface area (Å²) in [5, 5.41) is 12.3. The van der Waals surface area contributed by atoms with Gasteiger partial charge in [0.05, 0.1) is 0 Å². The average molecular weight is 152 g/mol. The Hall–Kier alpha value is -1.88. The van der Waals surface area contributed by atoms with E-state index in [0.717, 1.165) is 0 Å². The van der Waals surface area contributed by atoms with Crippen LogP contribution in [-0.2, 0) is 0 Å². The second-order valence-electron chi connectivity index (χ2n) is 1.74. The molecule has 1 aromatic rings. The summed E-state index contributed by atoms with van der Waals surface area (Å²) in [6.45, 7) is 1.31. The molecule has 0 aromatic carbocycles. The van der Waals surface area contributed by atoms with Crippen LogP contribution in [0.25, 0.3) is 10.4 Å². The number of Topliss-reactive ketones (excluding diaryl/α,β-unsaturated/α-hetero) is 1. The third kappa shape index (κ3) is 1.33. The van der Waals surface area contributed by atoms with Gasteiger partial charge in [-0.15, -0.1) is 0 Å². The molecular weight excluding hydrogens is 148 g/mol. The van der Waals surface area contributed by atoms with Gasteiger partial charge in [-0.25, -0.2) is 0 Å². The van der Waals surface area contributed by atoms with Crippen LogP contribution in [0.5, 0.6) is 0 Å². The summed E-state index contributed by atoms with van der Waals surface area (Å²) >= 11 is 0. The maximum absolute atomic E-state index is 10.7. The molecule has 1 N–H and O–H groups in total. The molecule has 0 saturated carbocycles. The summed E-state index contributed by atoms with van der Waals surface area (Å²) in [7, 11) is 0. The lowest BCUT2D eigenvalue weighted by Crippen LogP contribution is -1.91. The summed E-state index contributed by atoms with van der Waals surface area (Å²) in [5.41, 5.74) is 8.07. The molecule has 0 atom stereocenters. The van der Waals surface area contributed by atoms with E-state index in [9.17, 15) is 4.79 Å². The highest BCUT2D eigenvalue weighted by atomic mass is 16.1. The largest absolute Gasteiger partial charge is 0.293 e.